The van der Waals surface area contributed by atoms with E-state index in [0.717, 1.165) is 10.7 Å². The Bertz CT molecular complexity index is 876. The topological polar surface area (TPSA) is 93.3 Å². The lowest BCUT2D eigenvalue weighted by Crippen LogP contribution is -2.42. The van der Waals surface area contributed by atoms with E-state index in [2.05, 4.69) is 10.4 Å². The second-order valence-corrected chi connectivity index (χ2v) is 5.87. The molecule has 132 valence electrons. The van der Waals surface area contributed by atoms with Gasteiger partial charge in [0.1, 0.15) is 5.82 Å². The number of nitrogens with zero attached hydrogens (tertiary/aromatic N) is 6. The molecule has 1 saturated heterocycles. The first-order valence-corrected chi connectivity index (χ1v) is 7.72. The molecular weight excluding hydrogens is 331 g/mol. The zero-order valence-corrected chi connectivity index (χ0v) is 13.8. The van der Waals surface area contributed by atoms with Gasteiger partial charge < -0.3 is 9.80 Å². The molecule has 1 unspecified atom stereocenters. The SMILES string of the molecule is CC(=O)N(C)C1CCN(C(=O)n2nnn(-c3cccc(F)c3)c2=O)C1. The van der Waals surface area contributed by atoms with Gasteiger partial charge in [0.05, 0.1) is 11.7 Å². The van der Waals surface area contributed by atoms with Crippen molar-refractivity contribution < 1.29 is 14.0 Å². The van der Waals surface area contributed by atoms with Gasteiger partial charge in [-0.2, -0.15) is 4.68 Å². The van der Waals surface area contributed by atoms with E-state index in [1.54, 1.807) is 11.9 Å². The number of aromatic nitrogens is 4. The highest BCUT2D eigenvalue weighted by Gasteiger charge is 2.32. The molecule has 1 aromatic carbocycles. The molecule has 0 aliphatic carbocycles. The molecular formula is C15H17FN6O3. The molecule has 0 radical (unpaired) electrons. The van der Waals surface area contributed by atoms with Crippen LogP contribution in [0.1, 0.15) is 13.3 Å². The highest BCUT2D eigenvalue weighted by molar-refractivity contribution is 5.76. The Labute approximate surface area is 142 Å². The lowest BCUT2D eigenvalue weighted by molar-refractivity contribution is -0.129. The van der Waals surface area contributed by atoms with Crippen molar-refractivity contribution in [3.63, 3.8) is 0 Å². The average Bonchev–Trinajstić information content (AvgIpc) is 3.20. The minimum absolute atomic E-state index is 0.0893. The van der Waals surface area contributed by atoms with Crippen LogP contribution in [0.2, 0.25) is 0 Å². The van der Waals surface area contributed by atoms with Crippen LogP contribution in [0.3, 0.4) is 0 Å². The van der Waals surface area contributed by atoms with Crippen LogP contribution in [0.5, 0.6) is 0 Å². The monoisotopic (exact) mass is 348 g/mol. The van der Waals surface area contributed by atoms with Crippen LogP contribution in [0, 0.1) is 5.82 Å². The maximum Gasteiger partial charge on any atom is 0.377 e. The Morgan fingerprint density at radius 1 is 1.32 bits per heavy atom. The number of likely N-dealkylation sites (tertiary alicyclic amines) is 1. The molecule has 2 aromatic rings. The van der Waals surface area contributed by atoms with E-state index in [1.807, 2.05) is 0 Å². The van der Waals surface area contributed by atoms with Crippen LogP contribution in [0.4, 0.5) is 9.18 Å². The maximum atomic E-state index is 13.3. The Morgan fingerprint density at radius 3 is 2.76 bits per heavy atom. The van der Waals surface area contributed by atoms with Gasteiger partial charge in [-0.1, -0.05) is 6.07 Å². The normalized spacial score (nSPS) is 16.9. The number of amides is 2. The predicted molar refractivity (Wildman–Crippen MR) is 84.8 cm³/mol. The molecule has 0 spiro atoms. The van der Waals surface area contributed by atoms with E-state index in [4.69, 9.17) is 0 Å². The third-order valence-corrected chi connectivity index (χ3v) is 4.29. The fourth-order valence-corrected chi connectivity index (χ4v) is 2.76. The highest BCUT2D eigenvalue weighted by Crippen LogP contribution is 2.15. The van der Waals surface area contributed by atoms with Gasteiger partial charge >= 0.3 is 11.7 Å². The van der Waals surface area contributed by atoms with E-state index < -0.39 is 17.5 Å². The summed E-state index contributed by atoms with van der Waals surface area (Å²) in [5.74, 6) is -0.617. The Kier molecular flexibility index (Phi) is 4.34. The van der Waals surface area contributed by atoms with E-state index in [9.17, 15) is 18.8 Å². The predicted octanol–water partition coefficient (Wildman–Crippen LogP) is 0.0888. The van der Waals surface area contributed by atoms with Gasteiger partial charge in [0.15, 0.2) is 0 Å². The number of carbonyl (C=O) groups excluding carboxylic acids is 2. The molecule has 0 N–H and O–H groups in total. The second-order valence-electron chi connectivity index (χ2n) is 5.87. The molecule has 9 nitrogen and oxygen atoms in total. The van der Waals surface area contributed by atoms with Gasteiger partial charge in [0.25, 0.3) is 0 Å². The number of rotatable bonds is 2. The lowest BCUT2D eigenvalue weighted by atomic mass is 10.2. The summed E-state index contributed by atoms with van der Waals surface area (Å²) >= 11 is 0. The summed E-state index contributed by atoms with van der Waals surface area (Å²) in [6.45, 7) is 2.17. The summed E-state index contributed by atoms with van der Waals surface area (Å²) in [5.41, 5.74) is -0.598. The summed E-state index contributed by atoms with van der Waals surface area (Å²) in [6, 6.07) is 4.56. The summed E-state index contributed by atoms with van der Waals surface area (Å²) in [7, 11) is 1.67. The average molecular weight is 348 g/mol. The quantitative estimate of drug-likeness (QED) is 0.717. The van der Waals surface area contributed by atoms with Crippen molar-refractivity contribution in [3.8, 4) is 5.69 Å². The molecule has 2 heterocycles. The molecule has 1 fully saturated rings. The summed E-state index contributed by atoms with van der Waals surface area (Å²) in [5, 5.41) is 7.23. The summed E-state index contributed by atoms with van der Waals surface area (Å²) in [6.07, 6.45) is 0.620. The summed E-state index contributed by atoms with van der Waals surface area (Å²) < 4.78 is 14.8. The van der Waals surface area contributed by atoms with Gasteiger partial charge in [-0.3, -0.25) is 4.79 Å². The highest BCUT2D eigenvalue weighted by atomic mass is 19.1. The number of halogens is 1. The minimum Gasteiger partial charge on any atom is -0.341 e. The van der Waals surface area contributed by atoms with Crippen molar-refractivity contribution in [2.45, 2.75) is 19.4 Å². The summed E-state index contributed by atoms with van der Waals surface area (Å²) in [4.78, 5) is 39.3. The third kappa shape index (κ3) is 3.14. The number of tetrazole rings is 1. The molecule has 1 aliphatic rings. The smallest absolute Gasteiger partial charge is 0.341 e. The van der Waals surface area contributed by atoms with E-state index >= 15 is 0 Å². The fourth-order valence-electron chi connectivity index (χ4n) is 2.76. The van der Waals surface area contributed by atoms with E-state index in [1.165, 1.54) is 30.0 Å². The van der Waals surface area contributed by atoms with Crippen LogP contribution in [-0.4, -0.2) is 67.7 Å². The second kappa shape index (κ2) is 6.46. The number of hydrogen-bond donors (Lipinski definition) is 0. The molecule has 1 aromatic heterocycles. The van der Waals surface area contributed by atoms with Crippen molar-refractivity contribution in [1.29, 1.82) is 0 Å². The van der Waals surface area contributed by atoms with E-state index in [-0.39, 0.29) is 17.6 Å². The van der Waals surface area contributed by atoms with Crippen LogP contribution in [0.25, 0.3) is 5.69 Å². The molecule has 2 amide bonds. The number of carbonyl (C=O) groups is 2. The minimum atomic E-state index is -0.779. The maximum absolute atomic E-state index is 13.3. The van der Waals surface area contributed by atoms with Gasteiger partial charge in [-0.25, -0.2) is 14.0 Å². The van der Waals surface area contributed by atoms with Gasteiger partial charge in [-0.05, 0) is 35.0 Å². The lowest BCUT2D eigenvalue weighted by Gasteiger charge is -2.23. The Hall–Kier alpha value is -3.04. The van der Waals surface area contributed by atoms with Crippen molar-refractivity contribution in [1.82, 2.24) is 29.6 Å². The van der Waals surface area contributed by atoms with Crippen LogP contribution >= 0.6 is 0 Å². The molecule has 3 rings (SSSR count). The fraction of sp³-hybridized carbons (Fsp3) is 0.400. The standard InChI is InChI=1S/C15H17FN6O3/c1-10(23)19(2)13-6-7-20(9-13)14(24)22-15(25)21(17-18-22)12-5-3-4-11(16)8-12/h3-5,8,13H,6-7,9H2,1-2H3. The molecule has 0 bridgehead atoms. The van der Waals surface area contributed by atoms with Gasteiger partial charge in [0, 0.05) is 27.1 Å². The van der Waals surface area contributed by atoms with Crippen molar-refractivity contribution in [2.24, 2.45) is 0 Å². The number of hydrogen-bond acceptors (Lipinski definition) is 5. The first-order chi connectivity index (χ1) is 11.9. The number of benzene rings is 1. The zero-order valence-electron chi connectivity index (χ0n) is 13.8. The van der Waals surface area contributed by atoms with Crippen molar-refractivity contribution >= 4 is 11.9 Å². The van der Waals surface area contributed by atoms with Crippen molar-refractivity contribution in [2.75, 3.05) is 20.1 Å². The van der Waals surface area contributed by atoms with Crippen LogP contribution < -0.4 is 5.69 Å². The molecule has 0 saturated carbocycles. The Morgan fingerprint density at radius 2 is 2.08 bits per heavy atom. The molecule has 1 aliphatic heterocycles. The van der Waals surface area contributed by atoms with Crippen molar-refractivity contribution in [3.05, 3.63) is 40.6 Å². The molecule has 1 atom stereocenters. The van der Waals surface area contributed by atoms with Crippen LogP contribution in [0.15, 0.2) is 29.1 Å². The van der Waals surface area contributed by atoms with Gasteiger partial charge in [0.2, 0.25) is 5.91 Å². The largest absolute Gasteiger partial charge is 0.377 e. The zero-order chi connectivity index (χ0) is 18.1. The Balaban J connectivity index is 1.81. The first kappa shape index (κ1) is 16.8. The first-order valence-electron chi connectivity index (χ1n) is 7.72. The van der Waals surface area contributed by atoms with E-state index in [0.29, 0.717) is 24.2 Å². The third-order valence-electron chi connectivity index (χ3n) is 4.29. The van der Waals surface area contributed by atoms with Crippen LogP contribution in [-0.2, 0) is 4.79 Å². The number of likely N-dealkylation sites (N-methyl/N-ethyl adjacent to an activating group) is 1. The van der Waals surface area contributed by atoms with Gasteiger partial charge in [-0.15, -0.1) is 4.68 Å². The molecule has 10 heteroatoms. The molecule has 25 heavy (non-hydrogen) atoms.